The number of hydrogen-bond acceptors (Lipinski definition) is 4. The summed E-state index contributed by atoms with van der Waals surface area (Å²) in [6.45, 7) is 0.570. The minimum atomic E-state index is -0.229. The number of carbonyl (C=O) groups is 1. The quantitative estimate of drug-likeness (QED) is 0.757. The lowest BCUT2D eigenvalue weighted by Crippen LogP contribution is -2.26. The van der Waals surface area contributed by atoms with E-state index in [9.17, 15) is 4.79 Å². The Morgan fingerprint density at radius 1 is 1.26 bits per heavy atom. The van der Waals surface area contributed by atoms with Gasteiger partial charge in [0.25, 0.3) is 5.91 Å². The van der Waals surface area contributed by atoms with E-state index in [1.807, 2.05) is 41.8 Å². The molecule has 3 aromatic rings. The van der Waals surface area contributed by atoms with Crippen molar-refractivity contribution in [3.8, 4) is 11.4 Å². The topological polar surface area (TPSA) is 56.2 Å². The van der Waals surface area contributed by atoms with Crippen LogP contribution in [0, 0.1) is 0 Å². The first-order valence-electron chi connectivity index (χ1n) is 7.27. The summed E-state index contributed by atoms with van der Waals surface area (Å²) in [7, 11) is 1.54. The van der Waals surface area contributed by atoms with Crippen molar-refractivity contribution in [3.05, 3.63) is 64.6 Å². The molecular formula is C17H17N3O2S. The third-order valence-corrected chi connectivity index (χ3v) is 4.31. The molecule has 5 nitrogen and oxygen atoms in total. The van der Waals surface area contributed by atoms with Gasteiger partial charge in [0.2, 0.25) is 0 Å². The highest BCUT2D eigenvalue weighted by Gasteiger charge is 2.17. The first-order valence-corrected chi connectivity index (χ1v) is 8.15. The molecule has 0 spiro atoms. The molecule has 1 N–H and O–H groups in total. The molecule has 3 rings (SSSR count). The summed E-state index contributed by atoms with van der Waals surface area (Å²) in [6, 6.07) is 13.7. The highest BCUT2D eigenvalue weighted by Crippen LogP contribution is 2.19. The van der Waals surface area contributed by atoms with Gasteiger partial charge in [-0.15, -0.1) is 11.3 Å². The van der Waals surface area contributed by atoms with E-state index in [0.717, 1.165) is 12.1 Å². The average molecular weight is 327 g/mol. The van der Waals surface area contributed by atoms with Crippen molar-refractivity contribution < 1.29 is 9.53 Å². The fourth-order valence-electron chi connectivity index (χ4n) is 2.22. The number of hydrogen-bond donors (Lipinski definition) is 1. The van der Waals surface area contributed by atoms with Crippen molar-refractivity contribution >= 4 is 17.2 Å². The van der Waals surface area contributed by atoms with Gasteiger partial charge in [-0.05, 0) is 30.0 Å². The number of methoxy groups -OCH3 is 1. The second kappa shape index (κ2) is 7.11. The van der Waals surface area contributed by atoms with Gasteiger partial charge in [-0.3, -0.25) is 4.79 Å². The standard InChI is InChI=1S/C17H17N3O2S/c1-22-15-12-20(13-6-3-2-4-7-13)19-16(15)17(21)18-10-9-14-8-5-11-23-14/h2-8,11-12H,9-10H2,1H3,(H,18,21). The summed E-state index contributed by atoms with van der Waals surface area (Å²) in [5.41, 5.74) is 1.17. The Morgan fingerprint density at radius 3 is 2.78 bits per heavy atom. The SMILES string of the molecule is COc1cn(-c2ccccc2)nc1C(=O)NCCc1cccs1. The molecule has 0 atom stereocenters. The number of rotatable bonds is 6. The van der Waals surface area contributed by atoms with Crippen LogP contribution in [-0.2, 0) is 6.42 Å². The summed E-state index contributed by atoms with van der Waals surface area (Å²) >= 11 is 1.68. The first kappa shape index (κ1) is 15.3. The third-order valence-electron chi connectivity index (χ3n) is 3.37. The highest BCUT2D eigenvalue weighted by molar-refractivity contribution is 7.09. The van der Waals surface area contributed by atoms with Crippen LogP contribution >= 0.6 is 11.3 Å². The molecule has 118 valence electrons. The zero-order valence-electron chi connectivity index (χ0n) is 12.7. The Balaban J connectivity index is 1.71. The smallest absolute Gasteiger partial charge is 0.275 e. The zero-order valence-corrected chi connectivity index (χ0v) is 13.5. The van der Waals surface area contributed by atoms with Crippen molar-refractivity contribution in [2.45, 2.75) is 6.42 Å². The molecule has 0 bridgehead atoms. The molecule has 0 fully saturated rings. The van der Waals surface area contributed by atoms with Crippen LogP contribution < -0.4 is 10.1 Å². The van der Waals surface area contributed by atoms with Crippen LogP contribution in [0.4, 0.5) is 0 Å². The van der Waals surface area contributed by atoms with Gasteiger partial charge in [0.05, 0.1) is 19.0 Å². The number of para-hydroxylation sites is 1. The van der Waals surface area contributed by atoms with Gasteiger partial charge in [0, 0.05) is 11.4 Å². The Kier molecular flexibility index (Phi) is 4.73. The van der Waals surface area contributed by atoms with E-state index in [4.69, 9.17) is 4.74 Å². The Bertz CT molecular complexity index is 767. The summed E-state index contributed by atoms with van der Waals surface area (Å²) in [5.74, 6) is 0.232. The largest absolute Gasteiger partial charge is 0.493 e. The van der Waals surface area contributed by atoms with Crippen molar-refractivity contribution in [1.29, 1.82) is 0 Å². The summed E-state index contributed by atoms with van der Waals surface area (Å²) in [4.78, 5) is 13.6. The van der Waals surface area contributed by atoms with Crippen molar-refractivity contribution in [3.63, 3.8) is 0 Å². The molecule has 2 heterocycles. The lowest BCUT2D eigenvalue weighted by atomic mass is 10.3. The average Bonchev–Trinajstić information content (AvgIpc) is 3.25. The molecule has 0 aliphatic heterocycles. The maximum absolute atomic E-state index is 12.3. The number of nitrogens with one attached hydrogen (secondary N) is 1. The Hall–Kier alpha value is -2.60. The van der Waals surface area contributed by atoms with Gasteiger partial charge >= 0.3 is 0 Å². The van der Waals surface area contributed by atoms with Gasteiger partial charge in [-0.1, -0.05) is 24.3 Å². The fourth-order valence-corrected chi connectivity index (χ4v) is 2.92. The number of benzene rings is 1. The maximum atomic E-state index is 12.3. The van der Waals surface area contributed by atoms with E-state index in [1.54, 1.807) is 22.2 Å². The monoisotopic (exact) mass is 327 g/mol. The highest BCUT2D eigenvalue weighted by atomic mass is 32.1. The molecule has 2 aromatic heterocycles. The molecule has 0 unspecified atom stereocenters. The molecule has 0 saturated carbocycles. The molecule has 1 amide bonds. The van der Waals surface area contributed by atoms with Gasteiger partial charge in [-0.25, -0.2) is 4.68 Å². The van der Waals surface area contributed by atoms with E-state index >= 15 is 0 Å². The van der Waals surface area contributed by atoms with Gasteiger partial charge in [0.1, 0.15) is 0 Å². The number of nitrogens with zero attached hydrogens (tertiary/aromatic N) is 2. The molecule has 0 aliphatic carbocycles. The molecule has 0 aliphatic rings. The van der Waals surface area contributed by atoms with Crippen LogP contribution in [0.3, 0.4) is 0 Å². The Labute approximate surface area is 138 Å². The van der Waals surface area contributed by atoms with E-state index < -0.39 is 0 Å². The van der Waals surface area contributed by atoms with Crippen LogP contribution in [0.25, 0.3) is 5.69 Å². The number of ether oxygens (including phenoxy) is 1. The molecule has 6 heteroatoms. The van der Waals surface area contributed by atoms with Crippen molar-refractivity contribution in [2.24, 2.45) is 0 Å². The van der Waals surface area contributed by atoms with E-state index in [0.29, 0.717) is 18.0 Å². The van der Waals surface area contributed by atoms with Gasteiger partial charge < -0.3 is 10.1 Å². The third kappa shape index (κ3) is 3.60. The normalized spacial score (nSPS) is 10.5. The summed E-state index contributed by atoms with van der Waals surface area (Å²) in [5, 5.41) is 9.27. The first-order chi connectivity index (χ1) is 11.3. The van der Waals surface area contributed by atoms with E-state index in [1.165, 1.54) is 12.0 Å². The molecule has 0 radical (unpaired) electrons. The predicted molar refractivity (Wildman–Crippen MR) is 90.5 cm³/mol. The van der Waals surface area contributed by atoms with E-state index in [-0.39, 0.29) is 5.91 Å². The molecule has 23 heavy (non-hydrogen) atoms. The van der Waals surface area contributed by atoms with Crippen LogP contribution in [0.5, 0.6) is 5.75 Å². The fraction of sp³-hybridized carbons (Fsp3) is 0.176. The van der Waals surface area contributed by atoms with Gasteiger partial charge in [0.15, 0.2) is 11.4 Å². The van der Waals surface area contributed by atoms with Crippen LogP contribution in [0.1, 0.15) is 15.4 Å². The summed E-state index contributed by atoms with van der Waals surface area (Å²) < 4.78 is 6.92. The second-order valence-electron chi connectivity index (χ2n) is 4.91. The number of amides is 1. The zero-order chi connectivity index (χ0) is 16.1. The molecule has 0 saturated heterocycles. The van der Waals surface area contributed by atoms with Crippen molar-refractivity contribution in [2.75, 3.05) is 13.7 Å². The van der Waals surface area contributed by atoms with Crippen molar-refractivity contribution in [1.82, 2.24) is 15.1 Å². The van der Waals surface area contributed by atoms with Crippen LogP contribution in [-0.4, -0.2) is 29.3 Å². The number of thiophene rings is 1. The lowest BCUT2D eigenvalue weighted by molar-refractivity contribution is 0.0946. The van der Waals surface area contributed by atoms with Crippen LogP contribution in [0.2, 0.25) is 0 Å². The van der Waals surface area contributed by atoms with Gasteiger partial charge in [-0.2, -0.15) is 5.10 Å². The summed E-state index contributed by atoms with van der Waals surface area (Å²) in [6.07, 6.45) is 2.52. The Morgan fingerprint density at radius 2 is 2.09 bits per heavy atom. The lowest BCUT2D eigenvalue weighted by Gasteiger charge is -2.03. The minimum absolute atomic E-state index is 0.229. The molecular weight excluding hydrogens is 310 g/mol. The molecule has 1 aromatic carbocycles. The minimum Gasteiger partial charge on any atom is -0.493 e. The van der Waals surface area contributed by atoms with E-state index in [2.05, 4.69) is 16.5 Å². The number of carbonyl (C=O) groups excluding carboxylic acids is 1. The number of aromatic nitrogens is 2. The predicted octanol–water partition coefficient (Wildman–Crippen LogP) is 2.91. The second-order valence-corrected chi connectivity index (χ2v) is 5.94. The van der Waals surface area contributed by atoms with Crippen LogP contribution in [0.15, 0.2) is 54.0 Å². The maximum Gasteiger partial charge on any atom is 0.275 e.